The standard InChI is InChI=1S/C23H30N4O3S/c1-15-20-7-6-19(31(2,29)30)13-21(20)25-23(24-15)26-10-8-17(9-11-26)22(28)27-14-16-4-3-5-18(27)12-16/h6-7,13,16-18H,3-5,8-12,14H2,1-2H3. The fourth-order valence-electron chi connectivity index (χ4n) is 5.59. The number of rotatable bonds is 3. The van der Waals surface area contributed by atoms with Gasteiger partial charge < -0.3 is 9.80 Å². The first-order valence-corrected chi connectivity index (χ1v) is 13.2. The number of aromatic nitrogens is 2. The van der Waals surface area contributed by atoms with E-state index in [1.165, 1.54) is 31.9 Å². The lowest BCUT2D eigenvalue weighted by molar-refractivity contribution is -0.137. The van der Waals surface area contributed by atoms with Gasteiger partial charge in [0, 0.05) is 43.2 Å². The van der Waals surface area contributed by atoms with Crippen LogP contribution in [0.2, 0.25) is 0 Å². The molecule has 0 N–H and O–H groups in total. The van der Waals surface area contributed by atoms with Crippen LogP contribution in [0.25, 0.3) is 10.9 Å². The Kier molecular flexibility index (Phi) is 5.15. The third-order valence-corrected chi connectivity index (χ3v) is 8.45. The van der Waals surface area contributed by atoms with Crippen LogP contribution in [0.3, 0.4) is 0 Å². The molecule has 3 fully saturated rings. The number of nitrogens with zero attached hydrogens (tertiary/aromatic N) is 4. The molecule has 5 rings (SSSR count). The number of anilines is 1. The van der Waals surface area contributed by atoms with E-state index in [0.717, 1.165) is 43.6 Å². The number of carbonyl (C=O) groups is 1. The van der Waals surface area contributed by atoms with Gasteiger partial charge in [-0.1, -0.05) is 6.42 Å². The molecular weight excluding hydrogens is 412 g/mol. The van der Waals surface area contributed by atoms with Crippen molar-refractivity contribution in [2.45, 2.75) is 56.4 Å². The van der Waals surface area contributed by atoms with Crippen LogP contribution in [0.15, 0.2) is 23.1 Å². The van der Waals surface area contributed by atoms with Crippen molar-refractivity contribution in [3.05, 3.63) is 23.9 Å². The Hall–Kier alpha value is -2.22. The van der Waals surface area contributed by atoms with Gasteiger partial charge >= 0.3 is 0 Å². The molecule has 2 saturated heterocycles. The molecule has 3 heterocycles. The summed E-state index contributed by atoms with van der Waals surface area (Å²) in [6.07, 6.45) is 7.74. The zero-order chi connectivity index (χ0) is 21.8. The van der Waals surface area contributed by atoms with Gasteiger partial charge in [-0.15, -0.1) is 0 Å². The van der Waals surface area contributed by atoms with E-state index in [-0.39, 0.29) is 10.8 Å². The fraction of sp³-hybridized carbons (Fsp3) is 0.609. The third kappa shape index (κ3) is 3.90. The molecule has 31 heavy (non-hydrogen) atoms. The summed E-state index contributed by atoms with van der Waals surface area (Å²) in [4.78, 5) is 27.1. The number of carbonyl (C=O) groups excluding carboxylic acids is 1. The number of benzene rings is 1. The smallest absolute Gasteiger partial charge is 0.226 e. The number of aryl methyl sites for hydroxylation is 1. The number of hydrogen-bond acceptors (Lipinski definition) is 6. The minimum atomic E-state index is -3.29. The Morgan fingerprint density at radius 3 is 2.58 bits per heavy atom. The highest BCUT2D eigenvalue weighted by Crippen LogP contribution is 2.37. The Morgan fingerprint density at radius 1 is 1.10 bits per heavy atom. The van der Waals surface area contributed by atoms with E-state index < -0.39 is 9.84 Å². The van der Waals surface area contributed by atoms with Gasteiger partial charge in [0.15, 0.2) is 9.84 Å². The summed E-state index contributed by atoms with van der Waals surface area (Å²) in [5, 5.41) is 0.862. The van der Waals surface area contributed by atoms with E-state index in [1.54, 1.807) is 18.2 Å². The predicted molar refractivity (Wildman–Crippen MR) is 120 cm³/mol. The molecule has 0 radical (unpaired) electrons. The normalized spacial score (nSPS) is 24.7. The van der Waals surface area contributed by atoms with Crippen LogP contribution in [-0.4, -0.2) is 61.1 Å². The Morgan fingerprint density at radius 2 is 1.87 bits per heavy atom. The van der Waals surface area contributed by atoms with Gasteiger partial charge in [-0.3, -0.25) is 4.79 Å². The number of fused-ring (bicyclic) bond motifs is 3. The third-order valence-electron chi connectivity index (χ3n) is 7.34. The first kappa shape index (κ1) is 20.7. The van der Waals surface area contributed by atoms with Gasteiger partial charge in [-0.2, -0.15) is 0 Å². The summed E-state index contributed by atoms with van der Waals surface area (Å²) in [5.41, 5.74) is 1.48. The number of piperidine rings is 1. The van der Waals surface area contributed by atoms with Crippen molar-refractivity contribution < 1.29 is 13.2 Å². The van der Waals surface area contributed by atoms with Gasteiger partial charge in [0.2, 0.25) is 11.9 Å². The molecule has 1 aromatic carbocycles. The second kappa shape index (κ2) is 7.73. The lowest BCUT2D eigenvalue weighted by atomic mass is 9.90. The van der Waals surface area contributed by atoms with Crippen LogP contribution in [0, 0.1) is 18.8 Å². The van der Waals surface area contributed by atoms with Gasteiger partial charge in [0.1, 0.15) is 0 Å². The molecule has 2 bridgehead atoms. The molecule has 0 spiro atoms. The van der Waals surface area contributed by atoms with E-state index in [0.29, 0.717) is 29.3 Å². The minimum absolute atomic E-state index is 0.0917. The fourth-order valence-corrected chi connectivity index (χ4v) is 6.24. The lowest BCUT2D eigenvalue weighted by Crippen LogP contribution is -2.44. The molecule has 1 saturated carbocycles. The second-order valence-electron chi connectivity index (χ2n) is 9.50. The number of amides is 1. The maximum absolute atomic E-state index is 13.2. The van der Waals surface area contributed by atoms with E-state index in [2.05, 4.69) is 19.8 Å². The van der Waals surface area contributed by atoms with Crippen molar-refractivity contribution >= 4 is 32.6 Å². The Balaban J connectivity index is 1.31. The lowest BCUT2D eigenvalue weighted by Gasteiger charge is -2.35. The zero-order valence-electron chi connectivity index (χ0n) is 18.2. The summed E-state index contributed by atoms with van der Waals surface area (Å²) in [6, 6.07) is 5.49. The van der Waals surface area contributed by atoms with Crippen LogP contribution < -0.4 is 4.90 Å². The predicted octanol–water partition coefficient (Wildman–Crippen LogP) is 2.96. The molecule has 166 valence electrons. The largest absolute Gasteiger partial charge is 0.341 e. The Labute approximate surface area is 183 Å². The quantitative estimate of drug-likeness (QED) is 0.727. The monoisotopic (exact) mass is 442 g/mol. The topological polar surface area (TPSA) is 83.5 Å². The van der Waals surface area contributed by atoms with Crippen LogP contribution >= 0.6 is 0 Å². The summed E-state index contributed by atoms with van der Waals surface area (Å²) in [6.45, 7) is 4.37. The molecule has 1 aromatic heterocycles. The van der Waals surface area contributed by atoms with Crippen molar-refractivity contribution in [2.75, 3.05) is 30.8 Å². The molecule has 8 heteroatoms. The first-order valence-electron chi connectivity index (χ1n) is 11.3. The zero-order valence-corrected chi connectivity index (χ0v) is 19.1. The average molecular weight is 443 g/mol. The molecule has 1 aliphatic carbocycles. The van der Waals surface area contributed by atoms with Crippen LogP contribution in [0.5, 0.6) is 0 Å². The highest BCUT2D eigenvalue weighted by Gasteiger charge is 2.40. The summed E-state index contributed by atoms with van der Waals surface area (Å²) < 4.78 is 23.9. The molecule has 2 unspecified atom stereocenters. The number of sulfone groups is 1. The van der Waals surface area contributed by atoms with Gasteiger partial charge in [-0.05, 0) is 63.1 Å². The van der Waals surface area contributed by atoms with Crippen molar-refractivity contribution in [2.24, 2.45) is 11.8 Å². The molecule has 1 amide bonds. The highest BCUT2D eigenvalue weighted by molar-refractivity contribution is 7.90. The minimum Gasteiger partial charge on any atom is -0.341 e. The second-order valence-corrected chi connectivity index (χ2v) is 11.5. The van der Waals surface area contributed by atoms with Crippen molar-refractivity contribution in [1.82, 2.24) is 14.9 Å². The molecule has 2 aromatic rings. The van der Waals surface area contributed by atoms with Gasteiger partial charge in [0.05, 0.1) is 16.1 Å². The first-order chi connectivity index (χ1) is 14.8. The van der Waals surface area contributed by atoms with E-state index in [1.807, 2.05) is 6.92 Å². The maximum atomic E-state index is 13.2. The summed E-state index contributed by atoms with van der Waals surface area (Å²) >= 11 is 0. The highest BCUT2D eigenvalue weighted by atomic mass is 32.2. The van der Waals surface area contributed by atoms with Gasteiger partial charge in [0.25, 0.3) is 0 Å². The molecule has 3 aliphatic rings. The number of hydrogen-bond donors (Lipinski definition) is 0. The molecular formula is C23H30N4O3S. The van der Waals surface area contributed by atoms with E-state index >= 15 is 0 Å². The van der Waals surface area contributed by atoms with E-state index in [9.17, 15) is 13.2 Å². The molecule has 7 nitrogen and oxygen atoms in total. The van der Waals surface area contributed by atoms with E-state index in [4.69, 9.17) is 0 Å². The number of likely N-dealkylation sites (tertiary alicyclic amines) is 1. The summed E-state index contributed by atoms with van der Waals surface area (Å²) in [5.74, 6) is 1.78. The maximum Gasteiger partial charge on any atom is 0.226 e. The SMILES string of the molecule is Cc1nc(N2CCC(C(=O)N3CC4CCCC3C4)CC2)nc2cc(S(C)(=O)=O)ccc12. The van der Waals surface area contributed by atoms with Crippen LogP contribution in [0.1, 0.15) is 44.2 Å². The average Bonchev–Trinajstić information content (AvgIpc) is 3.05. The van der Waals surface area contributed by atoms with Crippen molar-refractivity contribution in [3.8, 4) is 0 Å². The summed E-state index contributed by atoms with van der Waals surface area (Å²) in [7, 11) is -3.29. The van der Waals surface area contributed by atoms with Gasteiger partial charge in [-0.25, -0.2) is 18.4 Å². The van der Waals surface area contributed by atoms with Crippen LogP contribution in [0.4, 0.5) is 5.95 Å². The van der Waals surface area contributed by atoms with Crippen LogP contribution in [-0.2, 0) is 14.6 Å². The Bertz CT molecular complexity index is 1130. The molecule has 2 atom stereocenters. The molecule has 2 aliphatic heterocycles. The van der Waals surface area contributed by atoms with Crippen molar-refractivity contribution in [3.63, 3.8) is 0 Å². The van der Waals surface area contributed by atoms with Crippen molar-refractivity contribution in [1.29, 1.82) is 0 Å².